The molecular formula is C18H36O2. The van der Waals surface area contributed by atoms with Gasteiger partial charge >= 0.3 is 5.97 Å². The molecule has 120 valence electrons. The lowest BCUT2D eigenvalue weighted by Crippen LogP contribution is -2.27. The third-order valence-electron chi connectivity index (χ3n) is 3.94. The van der Waals surface area contributed by atoms with Gasteiger partial charge in [-0.3, -0.25) is 4.79 Å². The number of rotatable bonds is 13. The Hall–Kier alpha value is -0.530. The Kier molecular flexibility index (Phi) is 11.9. The smallest absolute Gasteiger partial charge is 0.311 e. The van der Waals surface area contributed by atoms with Gasteiger partial charge in [0, 0.05) is 0 Å². The summed E-state index contributed by atoms with van der Waals surface area (Å²) in [6.45, 7) is 9.04. The van der Waals surface area contributed by atoms with E-state index in [1.807, 2.05) is 13.8 Å². The second-order valence-corrected chi connectivity index (χ2v) is 6.60. The fraction of sp³-hybridized carbons (Fsp3) is 0.944. The molecule has 2 heteroatoms. The van der Waals surface area contributed by atoms with Crippen LogP contribution in [0.4, 0.5) is 0 Å². The van der Waals surface area contributed by atoms with E-state index in [0.29, 0.717) is 6.61 Å². The lowest BCUT2D eigenvalue weighted by molar-refractivity contribution is -0.154. The van der Waals surface area contributed by atoms with Crippen LogP contribution in [0.1, 0.15) is 98.3 Å². The SMILES string of the molecule is CCCCCCCCCOC(=O)C(C)(C)CCCCC. The van der Waals surface area contributed by atoms with Crippen molar-refractivity contribution in [3.8, 4) is 0 Å². The Bertz CT molecular complexity index is 234. The largest absolute Gasteiger partial charge is 0.465 e. The van der Waals surface area contributed by atoms with E-state index in [1.54, 1.807) is 0 Å². The summed E-state index contributed by atoms with van der Waals surface area (Å²) in [5.74, 6) is -0.0143. The minimum atomic E-state index is -0.309. The zero-order valence-electron chi connectivity index (χ0n) is 14.3. The highest BCUT2D eigenvalue weighted by Crippen LogP contribution is 2.25. The second-order valence-electron chi connectivity index (χ2n) is 6.60. The predicted molar refractivity (Wildman–Crippen MR) is 86.9 cm³/mol. The molecule has 2 nitrogen and oxygen atoms in total. The van der Waals surface area contributed by atoms with Crippen LogP contribution in [0.25, 0.3) is 0 Å². The summed E-state index contributed by atoms with van der Waals surface area (Å²) >= 11 is 0. The van der Waals surface area contributed by atoms with Gasteiger partial charge in [0.1, 0.15) is 0 Å². The highest BCUT2D eigenvalue weighted by atomic mass is 16.5. The average Bonchev–Trinajstić information content (AvgIpc) is 2.41. The van der Waals surface area contributed by atoms with Crippen molar-refractivity contribution in [2.75, 3.05) is 6.61 Å². The molecule has 0 bridgehead atoms. The van der Waals surface area contributed by atoms with E-state index in [2.05, 4.69) is 13.8 Å². The zero-order valence-corrected chi connectivity index (χ0v) is 14.3. The van der Waals surface area contributed by atoms with Gasteiger partial charge in [0.25, 0.3) is 0 Å². The second kappa shape index (κ2) is 12.2. The van der Waals surface area contributed by atoms with E-state index >= 15 is 0 Å². The number of unbranched alkanes of at least 4 members (excludes halogenated alkanes) is 8. The average molecular weight is 284 g/mol. The summed E-state index contributed by atoms with van der Waals surface area (Å²) in [4.78, 5) is 12.0. The molecular weight excluding hydrogens is 248 g/mol. The molecule has 20 heavy (non-hydrogen) atoms. The lowest BCUT2D eigenvalue weighted by Gasteiger charge is -2.22. The highest BCUT2D eigenvalue weighted by molar-refractivity contribution is 5.75. The third-order valence-corrected chi connectivity index (χ3v) is 3.94. The Balaban J connectivity index is 3.55. The summed E-state index contributed by atoms with van der Waals surface area (Å²) in [6, 6.07) is 0. The molecule has 0 aliphatic heterocycles. The normalized spacial score (nSPS) is 11.6. The molecule has 0 saturated carbocycles. The first-order valence-corrected chi connectivity index (χ1v) is 8.71. The summed E-state index contributed by atoms with van der Waals surface area (Å²) in [7, 11) is 0. The minimum Gasteiger partial charge on any atom is -0.465 e. The number of carbonyl (C=O) groups is 1. The number of hydrogen-bond acceptors (Lipinski definition) is 2. The van der Waals surface area contributed by atoms with E-state index < -0.39 is 0 Å². The van der Waals surface area contributed by atoms with Crippen LogP contribution < -0.4 is 0 Å². The summed E-state index contributed by atoms with van der Waals surface area (Å²) < 4.78 is 5.43. The maximum Gasteiger partial charge on any atom is 0.311 e. The zero-order chi connectivity index (χ0) is 15.3. The summed E-state index contributed by atoms with van der Waals surface area (Å²) in [5.41, 5.74) is -0.309. The molecule has 0 spiro atoms. The van der Waals surface area contributed by atoms with Crippen molar-refractivity contribution < 1.29 is 9.53 Å². The molecule has 0 atom stereocenters. The van der Waals surface area contributed by atoms with Crippen LogP contribution >= 0.6 is 0 Å². The van der Waals surface area contributed by atoms with Crippen molar-refractivity contribution in [1.29, 1.82) is 0 Å². The first kappa shape index (κ1) is 19.5. The maximum absolute atomic E-state index is 12.0. The third kappa shape index (κ3) is 10.3. The Morgan fingerprint density at radius 3 is 1.90 bits per heavy atom. The van der Waals surface area contributed by atoms with Crippen LogP contribution in [0.15, 0.2) is 0 Å². The van der Waals surface area contributed by atoms with Gasteiger partial charge in [0.2, 0.25) is 0 Å². The summed E-state index contributed by atoms with van der Waals surface area (Å²) in [5, 5.41) is 0. The van der Waals surface area contributed by atoms with Gasteiger partial charge in [0.05, 0.1) is 12.0 Å². The number of hydrogen-bond donors (Lipinski definition) is 0. The topological polar surface area (TPSA) is 26.3 Å². The Morgan fingerprint density at radius 1 is 0.800 bits per heavy atom. The van der Waals surface area contributed by atoms with E-state index in [9.17, 15) is 4.79 Å². The molecule has 0 aromatic carbocycles. The molecule has 0 saturated heterocycles. The molecule has 0 heterocycles. The molecule has 0 rings (SSSR count). The molecule has 0 aromatic heterocycles. The maximum atomic E-state index is 12.0. The first-order chi connectivity index (χ1) is 9.54. The predicted octanol–water partition coefficient (Wildman–Crippen LogP) is 5.89. The van der Waals surface area contributed by atoms with Crippen molar-refractivity contribution in [3.63, 3.8) is 0 Å². The van der Waals surface area contributed by atoms with Crippen LogP contribution in [0, 0.1) is 5.41 Å². The van der Waals surface area contributed by atoms with Crippen molar-refractivity contribution in [2.24, 2.45) is 5.41 Å². The van der Waals surface area contributed by atoms with Gasteiger partial charge in [-0.25, -0.2) is 0 Å². The van der Waals surface area contributed by atoms with Crippen molar-refractivity contribution in [1.82, 2.24) is 0 Å². The Morgan fingerprint density at radius 2 is 1.30 bits per heavy atom. The van der Waals surface area contributed by atoms with Crippen molar-refractivity contribution in [3.05, 3.63) is 0 Å². The highest BCUT2D eigenvalue weighted by Gasteiger charge is 2.28. The van der Waals surface area contributed by atoms with Gasteiger partial charge in [-0.2, -0.15) is 0 Å². The molecule has 0 unspecified atom stereocenters. The van der Waals surface area contributed by atoms with Gasteiger partial charge < -0.3 is 4.74 Å². The van der Waals surface area contributed by atoms with E-state index in [0.717, 1.165) is 19.3 Å². The minimum absolute atomic E-state index is 0.0143. The fourth-order valence-corrected chi connectivity index (χ4v) is 2.34. The standard InChI is InChI=1S/C18H36O2/c1-5-7-9-10-11-12-14-16-20-17(19)18(3,4)15-13-8-6-2/h5-16H2,1-4H3. The van der Waals surface area contributed by atoms with Crippen molar-refractivity contribution in [2.45, 2.75) is 98.3 Å². The monoisotopic (exact) mass is 284 g/mol. The fourth-order valence-electron chi connectivity index (χ4n) is 2.34. The van der Waals surface area contributed by atoms with Crippen LogP contribution in [-0.2, 0) is 9.53 Å². The summed E-state index contributed by atoms with van der Waals surface area (Å²) in [6.07, 6.45) is 13.3. The van der Waals surface area contributed by atoms with E-state index in [-0.39, 0.29) is 11.4 Å². The van der Waals surface area contributed by atoms with Gasteiger partial charge in [-0.15, -0.1) is 0 Å². The molecule has 0 aromatic rings. The molecule has 0 amide bonds. The molecule has 0 aliphatic carbocycles. The number of carbonyl (C=O) groups excluding carboxylic acids is 1. The molecule has 0 aliphatic rings. The van der Waals surface area contributed by atoms with Crippen LogP contribution in [-0.4, -0.2) is 12.6 Å². The lowest BCUT2D eigenvalue weighted by atomic mass is 9.87. The van der Waals surface area contributed by atoms with Crippen LogP contribution in [0.5, 0.6) is 0 Å². The van der Waals surface area contributed by atoms with Crippen LogP contribution in [0.3, 0.4) is 0 Å². The quantitative estimate of drug-likeness (QED) is 0.311. The Labute approximate surface area is 126 Å². The van der Waals surface area contributed by atoms with E-state index in [1.165, 1.54) is 51.4 Å². The molecule has 0 fully saturated rings. The van der Waals surface area contributed by atoms with Gasteiger partial charge in [0.15, 0.2) is 0 Å². The van der Waals surface area contributed by atoms with Gasteiger partial charge in [-0.05, 0) is 26.7 Å². The number of ether oxygens (including phenoxy) is 1. The molecule has 0 radical (unpaired) electrons. The molecule has 0 N–H and O–H groups in total. The van der Waals surface area contributed by atoms with Crippen molar-refractivity contribution >= 4 is 5.97 Å². The van der Waals surface area contributed by atoms with E-state index in [4.69, 9.17) is 4.74 Å². The number of esters is 1. The first-order valence-electron chi connectivity index (χ1n) is 8.71. The van der Waals surface area contributed by atoms with Gasteiger partial charge in [-0.1, -0.05) is 71.6 Å². The van der Waals surface area contributed by atoms with Crippen LogP contribution in [0.2, 0.25) is 0 Å².